The van der Waals surface area contributed by atoms with Gasteiger partial charge in [0.25, 0.3) is 0 Å². The minimum Gasteiger partial charge on any atom is -0.790 e. The predicted molar refractivity (Wildman–Crippen MR) is 35.1 cm³/mol. The minimum atomic E-state index is -5.13. The number of rotatable bonds is 5. The van der Waals surface area contributed by atoms with Gasteiger partial charge in [-0.05, 0) is 0 Å². The zero-order valence-electron chi connectivity index (χ0n) is 8.77. The van der Waals surface area contributed by atoms with Crippen molar-refractivity contribution in [3.05, 3.63) is 0 Å². The normalized spacial score (nSPS) is 12.0. The number of phosphoric acid groups is 1. The molecule has 0 unspecified atom stereocenters. The van der Waals surface area contributed by atoms with Gasteiger partial charge in [0.05, 0.1) is 14.4 Å². The van der Waals surface area contributed by atoms with Gasteiger partial charge in [0, 0.05) is 6.92 Å². The molecular formula is C5H8FNa2O6P. The fraction of sp³-hybridized carbons (Fsp3) is 0.800. The smallest absolute Gasteiger partial charge is 0.790 e. The molecule has 6 nitrogen and oxygen atoms in total. The summed E-state index contributed by atoms with van der Waals surface area (Å²) in [6.07, 6.45) is -1.35. The summed E-state index contributed by atoms with van der Waals surface area (Å²) in [5, 5.41) is 0. The van der Waals surface area contributed by atoms with Gasteiger partial charge >= 0.3 is 65.1 Å². The summed E-state index contributed by atoms with van der Waals surface area (Å²) in [5.41, 5.74) is 0. The Morgan fingerprint density at radius 3 is 2.20 bits per heavy atom. The van der Waals surface area contributed by atoms with E-state index in [9.17, 15) is 23.5 Å². The molecule has 0 aliphatic carbocycles. The summed E-state index contributed by atoms with van der Waals surface area (Å²) >= 11 is 0. The maximum absolute atomic E-state index is 11.9. The Morgan fingerprint density at radius 2 is 1.93 bits per heavy atom. The van der Waals surface area contributed by atoms with Crippen LogP contribution in [0.2, 0.25) is 0 Å². The molecule has 0 aromatic rings. The molecule has 1 atom stereocenters. The van der Waals surface area contributed by atoms with Crippen LogP contribution in [0.25, 0.3) is 0 Å². The van der Waals surface area contributed by atoms with E-state index in [1.807, 2.05) is 0 Å². The number of halogens is 1. The number of hydrogen-bond donors (Lipinski definition) is 0. The van der Waals surface area contributed by atoms with Crippen molar-refractivity contribution < 1.29 is 91.9 Å². The molecule has 0 rings (SSSR count). The average molecular weight is 260 g/mol. The van der Waals surface area contributed by atoms with Crippen molar-refractivity contribution in [2.45, 2.75) is 13.0 Å². The van der Waals surface area contributed by atoms with E-state index in [0.717, 1.165) is 6.92 Å². The SMILES string of the molecule is CC(=O)O[C@H](CF)COP(=O)([O-])[O-].[Na+].[Na+]. The Balaban J connectivity index is -0.000000720. The van der Waals surface area contributed by atoms with E-state index in [1.54, 1.807) is 0 Å². The van der Waals surface area contributed by atoms with Gasteiger partial charge in [-0.3, -0.25) is 4.79 Å². The van der Waals surface area contributed by atoms with Gasteiger partial charge in [0.2, 0.25) is 0 Å². The number of phosphoric ester groups is 1. The van der Waals surface area contributed by atoms with Crippen molar-refractivity contribution >= 4 is 13.8 Å². The van der Waals surface area contributed by atoms with Crippen LogP contribution in [0.5, 0.6) is 0 Å². The Bertz CT molecular complexity index is 222. The number of hydrogen-bond acceptors (Lipinski definition) is 6. The van der Waals surface area contributed by atoms with Crippen molar-refractivity contribution in [3.8, 4) is 0 Å². The molecule has 0 spiro atoms. The van der Waals surface area contributed by atoms with Crippen LogP contribution in [-0.2, 0) is 18.6 Å². The first-order valence-electron chi connectivity index (χ1n) is 3.25. The molecule has 0 saturated carbocycles. The molecule has 78 valence electrons. The molecule has 0 bridgehead atoms. The first-order valence-corrected chi connectivity index (χ1v) is 4.71. The number of ether oxygens (including phenoxy) is 1. The molecule has 0 fully saturated rings. The predicted octanol–water partition coefficient (Wildman–Crippen LogP) is -7.26. The zero-order chi connectivity index (χ0) is 10.5. The van der Waals surface area contributed by atoms with Crippen molar-refractivity contribution in [2.75, 3.05) is 13.3 Å². The van der Waals surface area contributed by atoms with E-state index in [2.05, 4.69) is 9.26 Å². The third-order valence-corrected chi connectivity index (χ3v) is 1.39. The molecule has 0 aromatic carbocycles. The molecule has 0 N–H and O–H groups in total. The summed E-state index contributed by atoms with van der Waals surface area (Å²) < 4.78 is 29.8. The third-order valence-electron chi connectivity index (χ3n) is 0.923. The fourth-order valence-electron chi connectivity index (χ4n) is 0.519. The van der Waals surface area contributed by atoms with E-state index in [-0.39, 0.29) is 59.1 Å². The van der Waals surface area contributed by atoms with Crippen LogP contribution >= 0.6 is 7.82 Å². The van der Waals surface area contributed by atoms with E-state index >= 15 is 0 Å². The summed E-state index contributed by atoms with van der Waals surface area (Å²) in [6, 6.07) is 0. The van der Waals surface area contributed by atoms with Gasteiger partial charge in [-0.25, -0.2) is 4.39 Å². The first kappa shape index (κ1) is 21.8. The van der Waals surface area contributed by atoms with Crippen LogP contribution in [0, 0.1) is 0 Å². The van der Waals surface area contributed by atoms with E-state index in [0.29, 0.717) is 0 Å². The molecular weight excluding hydrogens is 252 g/mol. The summed E-state index contributed by atoms with van der Waals surface area (Å²) in [6.45, 7) is -0.878. The molecule has 15 heavy (non-hydrogen) atoms. The first-order chi connectivity index (χ1) is 5.85. The van der Waals surface area contributed by atoms with Crippen molar-refractivity contribution in [1.82, 2.24) is 0 Å². The van der Waals surface area contributed by atoms with Gasteiger partial charge in [-0.15, -0.1) is 0 Å². The maximum Gasteiger partial charge on any atom is 1.00 e. The summed E-state index contributed by atoms with van der Waals surface area (Å²) in [7, 11) is -5.13. The van der Waals surface area contributed by atoms with Crippen LogP contribution in [0.15, 0.2) is 0 Å². The van der Waals surface area contributed by atoms with E-state index in [1.165, 1.54) is 0 Å². The summed E-state index contributed by atoms with van der Waals surface area (Å²) in [4.78, 5) is 30.1. The van der Waals surface area contributed by atoms with Crippen molar-refractivity contribution in [1.29, 1.82) is 0 Å². The third kappa shape index (κ3) is 15.5. The van der Waals surface area contributed by atoms with E-state index in [4.69, 9.17) is 0 Å². The average Bonchev–Trinajstić information content (AvgIpc) is 1.95. The number of esters is 1. The molecule has 0 aliphatic rings. The van der Waals surface area contributed by atoms with Crippen molar-refractivity contribution in [3.63, 3.8) is 0 Å². The number of carbonyl (C=O) groups excluding carboxylic acids is 1. The van der Waals surface area contributed by atoms with Crippen molar-refractivity contribution in [2.24, 2.45) is 0 Å². The van der Waals surface area contributed by atoms with Crippen LogP contribution in [0.3, 0.4) is 0 Å². The quantitative estimate of drug-likeness (QED) is 0.276. The zero-order valence-corrected chi connectivity index (χ0v) is 13.7. The van der Waals surface area contributed by atoms with Crippen LogP contribution in [-0.4, -0.2) is 25.4 Å². The monoisotopic (exact) mass is 260 g/mol. The largest absolute Gasteiger partial charge is 1.00 e. The second-order valence-corrected chi connectivity index (χ2v) is 3.28. The minimum absolute atomic E-state index is 0. The van der Waals surface area contributed by atoms with Gasteiger partial charge in [-0.1, -0.05) is 0 Å². The topological polar surface area (TPSA) is 98.7 Å². The van der Waals surface area contributed by atoms with Gasteiger partial charge in [0.1, 0.15) is 6.67 Å². The molecule has 0 aromatic heterocycles. The molecule has 10 heteroatoms. The second-order valence-electron chi connectivity index (χ2n) is 2.13. The Kier molecular flexibility index (Phi) is 15.5. The van der Waals surface area contributed by atoms with Crippen LogP contribution in [0.1, 0.15) is 6.92 Å². The van der Waals surface area contributed by atoms with E-state index < -0.39 is 33.2 Å². The maximum atomic E-state index is 11.9. The van der Waals surface area contributed by atoms with Gasteiger partial charge < -0.3 is 23.6 Å². The summed E-state index contributed by atoms with van der Waals surface area (Å²) in [5.74, 6) is -0.780. The molecule has 0 aliphatic heterocycles. The molecule has 0 amide bonds. The Morgan fingerprint density at radius 1 is 1.47 bits per heavy atom. The van der Waals surface area contributed by atoms with Crippen LogP contribution < -0.4 is 68.9 Å². The molecule has 0 radical (unpaired) electrons. The molecule has 0 heterocycles. The second kappa shape index (κ2) is 10.7. The Hall–Kier alpha value is 1.51. The van der Waals surface area contributed by atoms with Gasteiger partial charge in [-0.2, -0.15) is 0 Å². The Labute approximate surface area is 131 Å². The van der Waals surface area contributed by atoms with Crippen LogP contribution in [0.4, 0.5) is 4.39 Å². The number of alkyl halides is 1. The number of carbonyl (C=O) groups is 1. The fourth-order valence-corrected chi connectivity index (χ4v) is 0.868. The standard InChI is InChI=1S/C5H10FO6P.2Na/c1-4(7)12-5(2-6)3-11-13(8,9)10;;/h5H,2-3H2,1H3,(H2,8,9,10);;/q;2*+1/p-2/t5-;;/m1../s1. The van der Waals surface area contributed by atoms with Gasteiger partial charge in [0.15, 0.2) is 6.10 Å². The molecule has 0 saturated heterocycles.